The van der Waals surface area contributed by atoms with Crippen LogP contribution in [0.3, 0.4) is 0 Å². The Balaban J connectivity index is 1.95. The maximum atomic E-state index is 13.6. The Labute approximate surface area is 132 Å². The zero-order chi connectivity index (χ0) is 15.2. The van der Waals surface area contributed by atoms with Gasteiger partial charge in [-0.25, -0.2) is 4.39 Å². The van der Waals surface area contributed by atoms with Crippen molar-refractivity contribution in [2.45, 2.75) is 31.7 Å². The molecule has 0 bridgehead atoms. The Kier molecular flexibility index (Phi) is 5.99. The normalized spacial score (nSPS) is 15.2. The smallest absolute Gasteiger partial charge is 0.260 e. The molecule has 1 saturated carbocycles. The van der Waals surface area contributed by atoms with Crippen LogP contribution in [0.4, 0.5) is 4.39 Å². The van der Waals surface area contributed by atoms with E-state index in [1.807, 2.05) is 0 Å². The summed E-state index contributed by atoms with van der Waals surface area (Å²) in [4.78, 5) is 13.9. The van der Waals surface area contributed by atoms with E-state index in [0.29, 0.717) is 11.0 Å². The van der Waals surface area contributed by atoms with Crippen molar-refractivity contribution in [3.05, 3.63) is 28.5 Å². The second-order valence-corrected chi connectivity index (χ2v) is 6.03. The lowest BCUT2D eigenvalue weighted by Gasteiger charge is -2.28. The minimum Gasteiger partial charge on any atom is -0.481 e. The first-order valence-corrected chi connectivity index (χ1v) is 7.89. The summed E-state index contributed by atoms with van der Waals surface area (Å²) in [5.41, 5.74) is 0. The molecule has 21 heavy (non-hydrogen) atoms. The van der Waals surface area contributed by atoms with Crippen LogP contribution in [-0.2, 0) is 4.79 Å². The fourth-order valence-electron chi connectivity index (χ4n) is 2.65. The molecule has 1 aromatic carbocycles. The Morgan fingerprint density at radius 3 is 2.76 bits per heavy atom. The fourth-order valence-corrected chi connectivity index (χ4v) is 2.98. The number of carbonyl (C=O) groups is 1. The van der Waals surface area contributed by atoms with E-state index in [-0.39, 0.29) is 30.9 Å². The number of nitrogens with zero attached hydrogens (tertiary/aromatic N) is 1. The Hall–Kier alpha value is -1.14. The Morgan fingerprint density at radius 1 is 1.43 bits per heavy atom. The van der Waals surface area contributed by atoms with Crippen molar-refractivity contribution in [1.29, 1.82) is 0 Å². The van der Waals surface area contributed by atoms with Crippen LogP contribution < -0.4 is 4.74 Å². The van der Waals surface area contributed by atoms with Gasteiger partial charge in [0.25, 0.3) is 5.91 Å². The van der Waals surface area contributed by atoms with Crippen molar-refractivity contribution in [2.24, 2.45) is 0 Å². The number of aliphatic hydroxyl groups is 1. The number of carbonyl (C=O) groups excluding carboxylic acids is 1. The van der Waals surface area contributed by atoms with Gasteiger partial charge >= 0.3 is 0 Å². The van der Waals surface area contributed by atoms with Gasteiger partial charge in [0.05, 0.1) is 6.61 Å². The van der Waals surface area contributed by atoms with E-state index in [1.54, 1.807) is 11.0 Å². The predicted molar refractivity (Wildman–Crippen MR) is 80.6 cm³/mol. The lowest BCUT2D eigenvalue weighted by Crippen LogP contribution is -2.43. The van der Waals surface area contributed by atoms with Crippen LogP contribution in [0, 0.1) is 5.82 Å². The van der Waals surface area contributed by atoms with Crippen LogP contribution in [0.25, 0.3) is 0 Å². The number of rotatable bonds is 6. The van der Waals surface area contributed by atoms with Crippen molar-refractivity contribution >= 4 is 21.8 Å². The molecule has 2 rings (SSSR count). The van der Waals surface area contributed by atoms with Gasteiger partial charge in [-0.1, -0.05) is 28.8 Å². The molecule has 0 saturated heterocycles. The zero-order valence-corrected chi connectivity index (χ0v) is 13.3. The SMILES string of the molecule is O=C(COc1ccc(Br)cc1F)N(CCO)C1CCCC1. The van der Waals surface area contributed by atoms with Crippen molar-refractivity contribution < 1.29 is 19.0 Å². The second-order valence-electron chi connectivity index (χ2n) is 5.11. The molecule has 0 radical (unpaired) electrons. The topological polar surface area (TPSA) is 49.8 Å². The quantitative estimate of drug-likeness (QED) is 0.849. The standard InChI is InChI=1S/C15H19BrFNO3/c16-11-5-6-14(13(17)9-11)21-10-15(20)18(7-8-19)12-3-1-2-4-12/h5-6,9,12,19H,1-4,7-8,10H2. The summed E-state index contributed by atoms with van der Waals surface area (Å²) in [6, 6.07) is 4.61. The molecule has 116 valence electrons. The van der Waals surface area contributed by atoms with Crippen molar-refractivity contribution in [1.82, 2.24) is 4.90 Å². The largest absolute Gasteiger partial charge is 0.481 e. The molecule has 6 heteroatoms. The van der Waals surface area contributed by atoms with E-state index >= 15 is 0 Å². The highest BCUT2D eigenvalue weighted by Crippen LogP contribution is 2.24. The molecule has 0 atom stereocenters. The average molecular weight is 360 g/mol. The first-order valence-electron chi connectivity index (χ1n) is 7.10. The van der Waals surface area contributed by atoms with Gasteiger partial charge in [0, 0.05) is 17.1 Å². The zero-order valence-electron chi connectivity index (χ0n) is 11.7. The number of amides is 1. The lowest BCUT2D eigenvalue weighted by atomic mass is 10.2. The van der Waals surface area contributed by atoms with Crippen LogP contribution in [0.2, 0.25) is 0 Å². The fraction of sp³-hybridized carbons (Fsp3) is 0.533. The molecular weight excluding hydrogens is 341 g/mol. The van der Waals surface area contributed by atoms with E-state index in [2.05, 4.69) is 15.9 Å². The van der Waals surface area contributed by atoms with Gasteiger partial charge in [-0.2, -0.15) is 0 Å². The van der Waals surface area contributed by atoms with Crippen molar-refractivity contribution in [2.75, 3.05) is 19.8 Å². The van der Waals surface area contributed by atoms with Crippen LogP contribution in [0.5, 0.6) is 5.75 Å². The lowest BCUT2D eigenvalue weighted by molar-refractivity contribution is -0.136. The minimum atomic E-state index is -0.508. The van der Waals surface area contributed by atoms with Crippen LogP contribution in [0.15, 0.2) is 22.7 Å². The second kappa shape index (κ2) is 7.75. The predicted octanol–water partition coefficient (Wildman–Crippen LogP) is 2.73. The molecule has 0 unspecified atom stereocenters. The highest BCUT2D eigenvalue weighted by Gasteiger charge is 2.26. The summed E-state index contributed by atoms with van der Waals surface area (Å²) in [7, 11) is 0. The number of hydrogen-bond donors (Lipinski definition) is 1. The Morgan fingerprint density at radius 2 is 2.14 bits per heavy atom. The molecule has 0 aromatic heterocycles. The molecule has 0 aliphatic heterocycles. The molecule has 0 spiro atoms. The molecule has 1 aliphatic carbocycles. The third-order valence-corrected chi connectivity index (χ3v) is 4.17. The van der Waals surface area contributed by atoms with Gasteiger partial charge < -0.3 is 14.7 Å². The van der Waals surface area contributed by atoms with Gasteiger partial charge in [-0.3, -0.25) is 4.79 Å². The van der Waals surface area contributed by atoms with Gasteiger partial charge in [0.15, 0.2) is 18.2 Å². The minimum absolute atomic E-state index is 0.0573. The summed E-state index contributed by atoms with van der Waals surface area (Å²) in [6.45, 7) is 0.0135. The van der Waals surface area contributed by atoms with Crippen LogP contribution >= 0.6 is 15.9 Å². The van der Waals surface area contributed by atoms with Crippen molar-refractivity contribution in [3.63, 3.8) is 0 Å². The van der Waals surface area contributed by atoms with E-state index < -0.39 is 5.82 Å². The highest BCUT2D eigenvalue weighted by molar-refractivity contribution is 9.10. The number of benzene rings is 1. The number of halogens is 2. The average Bonchev–Trinajstić information content (AvgIpc) is 2.97. The van der Waals surface area contributed by atoms with Gasteiger partial charge in [0.2, 0.25) is 0 Å². The first-order chi connectivity index (χ1) is 10.1. The summed E-state index contributed by atoms with van der Waals surface area (Å²) in [5.74, 6) is -0.660. The number of hydrogen-bond acceptors (Lipinski definition) is 3. The van der Waals surface area contributed by atoms with E-state index in [4.69, 9.17) is 9.84 Å². The highest BCUT2D eigenvalue weighted by atomic mass is 79.9. The summed E-state index contributed by atoms with van der Waals surface area (Å²) in [5, 5.41) is 9.11. The van der Waals surface area contributed by atoms with Crippen molar-refractivity contribution in [3.8, 4) is 5.75 Å². The third-order valence-electron chi connectivity index (χ3n) is 3.67. The molecule has 1 aliphatic rings. The van der Waals surface area contributed by atoms with Gasteiger partial charge in [-0.05, 0) is 31.0 Å². The third kappa shape index (κ3) is 4.41. The molecular formula is C15H19BrFNO3. The van der Waals surface area contributed by atoms with Crippen LogP contribution in [0.1, 0.15) is 25.7 Å². The van der Waals surface area contributed by atoms with E-state index in [1.165, 1.54) is 12.1 Å². The summed E-state index contributed by atoms with van der Waals surface area (Å²) < 4.78 is 19.5. The summed E-state index contributed by atoms with van der Waals surface area (Å²) in [6.07, 6.45) is 4.11. The number of ether oxygens (including phenoxy) is 1. The molecule has 0 heterocycles. The Bertz CT molecular complexity index is 492. The molecule has 4 nitrogen and oxygen atoms in total. The summed E-state index contributed by atoms with van der Waals surface area (Å²) >= 11 is 3.17. The van der Waals surface area contributed by atoms with Gasteiger partial charge in [0.1, 0.15) is 0 Å². The number of aliphatic hydroxyl groups excluding tert-OH is 1. The molecule has 1 amide bonds. The van der Waals surface area contributed by atoms with Gasteiger partial charge in [-0.15, -0.1) is 0 Å². The van der Waals surface area contributed by atoms with Crippen LogP contribution in [-0.4, -0.2) is 41.7 Å². The molecule has 1 N–H and O–H groups in total. The van der Waals surface area contributed by atoms with E-state index in [9.17, 15) is 9.18 Å². The maximum absolute atomic E-state index is 13.6. The first kappa shape index (κ1) is 16.2. The monoisotopic (exact) mass is 359 g/mol. The maximum Gasteiger partial charge on any atom is 0.260 e. The molecule has 1 aromatic rings. The van der Waals surface area contributed by atoms with E-state index in [0.717, 1.165) is 25.7 Å². The molecule has 1 fully saturated rings.